The lowest BCUT2D eigenvalue weighted by Gasteiger charge is -2.14. The summed E-state index contributed by atoms with van der Waals surface area (Å²) in [5.74, 6) is 0.162. The van der Waals surface area contributed by atoms with Gasteiger partial charge in [0, 0.05) is 0 Å². The van der Waals surface area contributed by atoms with Crippen LogP contribution in [0.2, 0.25) is 0 Å². The van der Waals surface area contributed by atoms with Crippen LogP contribution in [0, 0.1) is 0 Å². The highest BCUT2D eigenvalue weighted by atomic mass is 16.6. The molecule has 1 aromatic rings. The Balaban J connectivity index is 1.93. The lowest BCUT2D eigenvalue weighted by Crippen LogP contribution is -2.42. The molecule has 0 atom stereocenters. The quantitative estimate of drug-likeness (QED) is 0.773. The molecule has 0 saturated heterocycles. The van der Waals surface area contributed by atoms with Gasteiger partial charge in [0.15, 0.2) is 6.61 Å². The van der Waals surface area contributed by atoms with E-state index in [-0.39, 0.29) is 12.6 Å². The van der Waals surface area contributed by atoms with Gasteiger partial charge in [0.2, 0.25) is 0 Å². The molecule has 1 aliphatic rings. The Morgan fingerprint density at radius 2 is 2.10 bits per heavy atom. The van der Waals surface area contributed by atoms with Crippen LogP contribution in [-0.4, -0.2) is 37.5 Å². The van der Waals surface area contributed by atoms with Gasteiger partial charge in [0.1, 0.15) is 5.75 Å². The minimum absolute atomic E-state index is 0.119. The Labute approximate surface area is 115 Å². The van der Waals surface area contributed by atoms with Crippen molar-refractivity contribution in [2.75, 3.05) is 19.8 Å². The van der Waals surface area contributed by atoms with E-state index in [9.17, 15) is 9.59 Å². The molecular formula is C13H15N3O4. The zero-order valence-electron chi connectivity index (χ0n) is 11.0. The van der Waals surface area contributed by atoms with Gasteiger partial charge in [-0.25, -0.2) is 15.0 Å². The molecule has 2 N–H and O–H groups in total. The van der Waals surface area contributed by atoms with E-state index in [0.717, 1.165) is 11.3 Å². The molecule has 0 bridgehead atoms. The van der Waals surface area contributed by atoms with Crippen LogP contribution in [0.5, 0.6) is 5.75 Å². The summed E-state index contributed by atoms with van der Waals surface area (Å²) in [6.07, 6.45) is 0. The van der Waals surface area contributed by atoms with Crippen molar-refractivity contribution in [1.82, 2.24) is 10.7 Å². The highest BCUT2D eigenvalue weighted by molar-refractivity contribution is 6.05. The number of benzene rings is 1. The molecule has 1 aromatic carbocycles. The molecule has 0 saturated carbocycles. The van der Waals surface area contributed by atoms with Crippen LogP contribution >= 0.6 is 0 Å². The van der Waals surface area contributed by atoms with Crippen molar-refractivity contribution >= 4 is 17.7 Å². The Morgan fingerprint density at radius 1 is 1.35 bits per heavy atom. The number of amides is 2. The molecule has 0 radical (unpaired) electrons. The maximum Gasteiger partial charge on any atom is 0.344 e. The smallest absolute Gasteiger partial charge is 0.344 e. The molecule has 2 rings (SSSR count). The second-order valence-corrected chi connectivity index (χ2v) is 3.97. The Hall–Kier alpha value is -2.57. The van der Waals surface area contributed by atoms with Crippen LogP contribution < -0.4 is 15.5 Å². The Kier molecular flexibility index (Phi) is 4.54. The minimum atomic E-state index is -0.403. The van der Waals surface area contributed by atoms with Gasteiger partial charge in [-0.05, 0) is 36.8 Å². The van der Waals surface area contributed by atoms with Gasteiger partial charge in [0.25, 0.3) is 0 Å². The number of hydrazone groups is 1. The maximum absolute atomic E-state index is 11.1. The van der Waals surface area contributed by atoms with Gasteiger partial charge in [-0.2, -0.15) is 5.10 Å². The van der Waals surface area contributed by atoms with Crippen molar-refractivity contribution < 1.29 is 19.1 Å². The van der Waals surface area contributed by atoms with Crippen LogP contribution in [0.1, 0.15) is 12.5 Å². The van der Waals surface area contributed by atoms with E-state index in [0.29, 0.717) is 18.9 Å². The van der Waals surface area contributed by atoms with Gasteiger partial charge in [0.05, 0.1) is 18.9 Å². The molecule has 0 fully saturated rings. The van der Waals surface area contributed by atoms with Crippen LogP contribution in [0.25, 0.3) is 0 Å². The molecule has 0 spiro atoms. The van der Waals surface area contributed by atoms with Crippen molar-refractivity contribution in [1.29, 1.82) is 0 Å². The van der Waals surface area contributed by atoms with E-state index in [1.807, 2.05) is 0 Å². The number of carbonyl (C=O) groups is 2. The van der Waals surface area contributed by atoms with E-state index in [2.05, 4.69) is 15.8 Å². The standard InChI is InChI=1S/C13H15N3O4/c1-2-19-12(17)8-20-10-5-3-9(4-6-10)11-7-14-13(18)16-15-11/h3-6H,2,7-8H2,1H3,(H2,14,16,18). The van der Waals surface area contributed by atoms with Crippen molar-refractivity contribution in [3.8, 4) is 5.75 Å². The minimum Gasteiger partial charge on any atom is -0.482 e. The first-order valence-corrected chi connectivity index (χ1v) is 6.18. The van der Waals surface area contributed by atoms with Crippen LogP contribution in [0.4, 0.5) is 4.79 Å². The van der Waals surface area contributed by atoms with Gasteiger partial charge >= 0.3 is 12.0 Å². The summed E-state index contributed by atoms with van der Waals surface area (Å²) in [5, 5.41) is 6.57. The lowest BCUT2D eigenvalue weighted by atomic mass is 10.1. The van der Waals surface area contributed by atoms with Gasteiger partial charge in [-0.3, -0.25) is 0 Å². The first kappa shape index (κ1) is 13.9. The highest BCUT2D eigenvalue weighted by Crippen LogP contribution is 2.13. The van der Waals surface area contributed by atoms with Crippen molar-refractivity contribution in [3.63, 3.8) is 0 Å². The molecule has 106 valence electrons. The summed E-state index contributed by atoms with van der Waals surface area (Å²) < 4.78 is 10.0. The predicted octanol–water partition coefficient (Wildman–Crippen LogP) is 0.645. The summed E-state index contributed by atoms with van der Waals surface area (Å²) >= 11 is 0. The van der Waals surface area contributed by atoms with E-state index >= 15 is 0 Å². The second-order valence-electron chi connectivity index (χ2n) is 3.97. The molecule has 0 unspecified atom stereocenters. The second kappa shape index (κ2) is 6.55. The number of hydrogen-bond donors (Lipinski definition) is 2. The molecule has 20 heavy (non-hydrogen) atoms. The van der Waals surface area contributed by atoms with E-state index in [1.54, 1.807) is 31.2 Å². The van der Waals surface area contributed by atoms with Crippen molar-refractivity contribution in [2.45, 2.75) is 6.92 Å². The summed E-state index contributed by atoms with van der Waals surface area (Å²) in [7, 11) is 0. The zero-order chi connectivity index (χ0) is 14.4. The van der Waals surface area contributed by atoms with Crippen molar-refractivity contribution in [3.05, 3.63) is 29.8 Å². The number of nitrogens with one attached hydrogen (secondary N) is 2. The summed E-state index contributed by atoms with van der Waals surface area (Å²) in [6, 6.07) is 6.75. The summed E-state index contributed by atoms with van der Waals surface area (Å²) in [4.78, 5) is 22.0. The Morgan fingerprint density at radius 3 is 2.70 bits per heavy atom. The zero-order valence-corrected chi connectivity index (χ0v) is 11.0. The summed E-state index contributed by atoms with van der Waals surface area (Å²) in [6.45, 7) is 2.32. The fourth-order valence-corrected chi connectivity index (χ4v) is 1.62. The molecule has 0 aromatic heterocycles. The number of hydrogen-bond acceptors (Lipinski definition) is 5. The average Bonchev–Trinajstić information content (AvgIpc) is 2.47. The van der Waals surface area contributed by atoms with E-state index in [1.165, 1.54) is 0 Å². The molecule has 0 aliphatic carbocycles. The van der Waals surface area contributed by atoms with Crippen LogP contribution in [0.3, 0.4) is 0 Å². The number of nitrogens with zero attached hydrogens (tertiary/aromatic N) is 1. The monoisotopic (exact) mass is 277 g/mol. The number of ether oxygens (including phenoxy) is 2. The summed E-state index contributed by atoms with van der Waals surface area (Å²) in [5.41, 5.74) is 3.93. The lowest BCUT2D eigenvalue weighted by molar-refractivity contribution is -0.145. The van der Waals surface area contributed by atoms with Crippen LogP contribution in [-0.2, 0) is 9.53 Å². The number of esters is 1. The average molecular weight is 277 g/mol. The van der Waals surface area contributed by atoms with Gasteiger partial charge in [-0.15, -0.1) is 0 Å². The number of rotatable bonds is 5. The first-order chi connectivity index (χ1) is 9.69. The molecule has 7 heteroatoms. The molecule has 2 amide bonds. The number of urea groups is 1. The molecule has 7 nitrogen and oxygen atoms in total. The topological polar surface area (TPSA) is 89.0 Å². The van der Waals surface area contributed by atoms with Crippen molar-refractivity contribution in [2.24, 2.45) is 5.10 Å². The maximum atomic E-state index is 11.1. The molecule has 1 aliphatic heterocycles. The van der Waals surface area contributed by atoms with Gasteiger partial charge in [-0.1, -0.05) is 0 Å². The highest BCUT2D eigenvalue weighted by Gasteiger charge is 2.12. The third-order valence-corrected chi connectivity index (χ3v) is 2.56. The fraction of sp³-hybridized carbons (Fsp3) is 0.308. The Bertz CT molecular complexity index is 525. The van der Waals surface area contributed by atoms with Gasteiger partial charge < -0.3 is 14.8 Å². The fourth-order valence-electron chi connectivity index (χ4n) is 1.62. The van der Waals surface area contributed by atoms with Crippen LogP contribution in [0.15, 0.2) is 29.4 Å². The van der Waals surface area contributed by atoms with E-state index in [4.69, 9.17) is 9.47 Å². The largest absolute Gasteiger partial charge is 0.482 e. The van der Waals surface area contributed by atoms with E-state index < -0.39 is 5.97 Å². The SMILES string of the molecule is CCOC(=O)COc1ccc(C2=NNC(=O)NC2)cc1. The third-order valence-electron chi connectivity index (χ3n) is 2.56. The molecule has 1 heterocycles. The third kappa shape index (κ3) is 3.71. The first-order valence-electron chi connectivity index (χ1n) is 6.18. The molecular weight excluding hydrogens is 262 g/mol. The predicted molar refractivity (Wildman–Crippen MR) is 71.6 cm³/mol. The normalized spacial score (nSPS) is 13.8. The number of carbonyl (C=O) groups excluding carboxylic acids is 2.